The van der Waals surface area contributed by atoms with Crippen molar-refractivity contribution in [2.24, 2.45) is 0 Å². The number of rotatable bonds is 20. The number of carbonyl (C=O) groups is 6. The first-order chi connectivity index (χ1) is 50.3. The van der Waals surface area contributed by atoms with Crippen LogP contribution in [-0.4, -0.2) is 79.2 Å². The van der Waals surface area contributed by atoms with E-state index < -0.39 is 41.6 Å². The predicted octanol–water partition coefficient (Wildman–Crippen LogP) is 19.9. The van der Waals surface area contributed by atoms with E-state index in [-0.39, 0.29) is 74.5 Å². The van der Waals surface area contributed by atoms with Crippen LogP contribution in [0.3, 0.4) is 0 Å². The lowest BCUT2D eigenvalue weighted by atomic mass is 9.80. The van der Waals surface area contributed by atoms with Crippen molar-refractivity contribution in [3.05, 3.63) is 254 Å². The van der Waals surface area contributed by atoms with E-state index in [1.807, 2.05) is 177 Å². The van der Waals surface area contributed by atoms with Gasteiger partial charge >= 0.3 is 0 Å². The smallest absolute Gasteiger partial charge is 0.262 e. The predicted molar refractivity (Wildman–Crippen MR) is 405 cm³/mol. The number of para-hydroxylation sites is 1. The SMILES string of the molecule is CCCN(C(=O)C(c1ccncc1)N1C(=O)c2cc(Oc3ccc(C)cc3C)c3c4c(Oc5ccc(C)cc5C)cc5c6c(cc(Oc7ccc(C)cc7C)c(c7c(Oc8ccc(C)cc8C)cc(c2c37)C1=O)c64)C(=O)N(C(C(=O)N(CCC)C1CCCCC1)c1ccncc1)C5=O)c1ccccc1. The topological polar surface area (TPSA) is 178 Å². The Labute approximate surface area is 604 Å². The molecular weight excluding hydrogens is 1300 g/mol. The van der Waals surface area contributed by atoms with Crippen molar-refractivity contribution in [2.75, 3.05) is 18.0 Å². The molecule has 0 spiro atoms. The molecule has 0 saturated heterocycles. The monoisotopic (exact) mass is 1380 g/mol. The van der Waals surface area contributed by atoms with E-state index in [1.54, 1.807) is 65.8 Å². The molecule has 15 rings (SSSR count). The van der Waals surface area contributed by atoms with Crippen molar-refractivity contribution in [1.29, 1.82) is 0 Å². The highest BCUT2D eigenvalue weighted by Crippen LogP contribution is 2.59. The summed E-state index contributed by atoms with van der Waals surface area (Å²) in [6.07, 6.45) is 11.9. The maximum Gasteiger partial charge on any atom is 0.262 e. The zero-order valence-corrected chi connectivity index (χ0v) is 60.1. The molecule has 0 bridgehead atoms. The maximum atomic E-state index is 16.8. The van der Waals surface area contributed by atoms with Crippen molar-refractivity contribution in [3.63, 3.8) is 0 Å². The van der Waals surface area contributed by atoms with Crippen LogP contribution in [0, 0.1) is 55.4 Å². The van der Waals surface area contributed by atoms with Gasteiger partial charge in [-0.05, 0) is 199 Å². The molecule has 4 heterocycles. The van der Waals surface area contributed by atoms with Gasteiger partial charge in [-0.25, -0.2) is 0 Å². The Morgan fingerprint density at radius 3 is 1.06 bits per heavy atom. The van der Waals surface area contributed by atoms with Gasteiger partial charge in [-0.1, -0.05) is 122 Å². The number of carbonyl (C=O) groups excluding carboxylic acids is 6. The lowest BCUT2D eigenvalue weighted by molar-refractivity contribution is -0.139. The van der Waals surface area contributed by atoms with Crippen LogP contribution < -0.4 is 23.8 Å². The van der Waals surface area contributed by atoms with Gasteiger partial charge in [0.25, 0.3) is 35.4 Å². The van der Waals surface area contributed by atoms with E-state index in [2.05, 4.69) is 9.97 Å². The highest BCUT2D eigenvalue weighted by atomic mass is 16.5. The normalized spacial score (nSPS) is 14.4. The van der Waals surface area contributed by atoms with Crippen LogP contribution in [-0.2, 0) is 9.59 Å². The fourth-order valence-electron chi connectivity index (χ4n) is 16.0. The highest BCUT2D eigenvalue weighted by Gasteiger charge is 2.49. The zero-order valence-electron chi connectivity index (χ0n) is 60.1. The van der Waals surface area contributed by atoms with E-state index in [0.717, 1.165) is 86.4 Å². The van der Waals surface area contributed by atoms with Crippen LogP contribution in [0.1, 0.15) is 168 Å². The van der Waals surface area contributed by atoms with Gasteiger partial charge in [-0.3, -0.25) is 48.5 Å². The Balaban J connectivity index is 1.12. The van der Waals surface area contributed by atoms with E-state index in [1.165, 1.54) is 12.4 Å². The van der Waals surface area contributed by atoms with Gasteiger partial charge in [0.15, 0.2) is 0 Å². The molecule has 1 saturated carbocycles. The minimum Gasteiger partial charge on any atom is -0.456 e. The molecule has 0 N–H and O–H groups in total. The van der Waals surface area contributed by atoms with Crippen LogP contribution in [0.15, 0.2) is 176 Å². The van der Waals surface area contributed by atoms with Crippen LogP contribution in [0.5, 0.6) is 46.0 Å². The Morgan fingerprint density at radius 1 is 0.394 bits per heavy atom. The van der Waals surface area contributed by atoms with Gasteiger partial charge in [-0.2, -0.15) is 0 Å². The molecule has 1 aliphatic carbocycles. The van der Waals surface area contributed by atoms with E-state index in [4.69, 9.17) is 18.9 Å². The highest BCUT2D eigenvalue weighted by molar-refractivity contribution is 6.45. The fraction of sp³-hybridized carbons (Fsp3) is 0.250. The lowest BCUT2D eigenvalue weighted by Gasteiger charge is -2.40. The van der Waals surface area contributed by atoms with Gasteiger partial charge in [0.05, 0.1) is 22.3 Å². The Bertz CT molecular complexity index is 5260. The average Bonchev–Trinajstić information content (AvgIpc) is 0.670. The number of aromatic nitrogens is 2. The second kappa shape index (κ2) is 27.5. The van der Waals surface area contributed by atoms with E-state index in [0.29, 0.717) is 91.5 Å². The second-order valence-corrected chi connectivity index (χ2v) is 28.1. The van der Waals surface area contributed by atoms with Gasteiger partial charge in [0.1, 0.15) is 58.1 Å². The number of aryl methyl sites for hydroxylation is 8. The van der Waals surface area contributed by atoms with Gasteiger partial charge in [-0.15, -0.1) is 0 Å². The summed E-state index contributed by atoms with van der Waals surface area (Å²) >= 11 is 0. The second-order valence-electron chi connectivity index (χ2n) is 28.1. The summed E-state index contributed by atoms with van der Waals surface area (Å²) in [4.78, 5) is 114. The molecule has 10 aromatic carbocycles. The van der Waals surface area contributed by atoms with E-state index in [9.17, 15) is 0 Å². The molecule has 2 atom stereocenters. The van der Waals surface area contributed by atoms with Gasteiger partial charge in [0, 0.05) is 92.7 Å². The molecule has 2 aliphatic heterocycles. The third-order valence-corrected chi connectivity index (χ3v) is 20.7. The summed E-state index contributed by atoms with van der Waals surface area (Å²) in [6, 6.07) is 42.5. The van der Waals surface area contributed by atoms with Crippen molar-refractivity contribution in [2.45, 2.75) is 132 Å². The molecule has 12 aromatic rings. The summed E-state index contributed by atoms with van der Waals surface area (Å²) < 4.78 is 29.8. The maximum absolute atomic E-state index is 16.8. The number of fused-ring (bicyclic) bond motifs is 2. The quantitative estimate of drug-likeness (QED) is 0.0401. The lowest BCUT2D eigenvalue weighted by Crippen LogP contribution is -2.52. The summed E-state index contributed by atoms with van der Waals surface area (Å²) in [7, 11) is 0. The third-order valence-electron chi connectivity index (χ3n) is 20.7. The summed E-state index contributed by atoms with van der Waals surface area (Å²) in [5, 5.41) is 2.36. The van der Waals surface area contributed by atoms with Crippen LogP contribution in [0.25, 0.3) is 43.1 Å². The number of anilines is 1. The first-order valence-electron chi connectivity index (χ1n) is 35.9. The molecular formula is C88H80N6O10. The largest absolute Gasteiger partial charge is 0.456 e. The number of hydrogen-bond donors (Lipinski definition) is 0. The molecule has 1 fully saturated rings. The fourth-order valence-corrected chi connectivity index (χ4v) is 16.0. The van der Waals surface area contributed by atoms with Crippen molar-refractivity contribution >= 4 is 84.2 Å². The van der Waals surface area contributed by atoms with Crippen molar-refractivity contribution in [1.82, 2.24) is 24.7 Å². The van der Waals surface area contributed by atoms with Crippen LogP contribution in [0.2, 0.25) is 0 Å². The number of benzene rings is 10. The number of imide groups is 2. The zero-order chi connectivity index (χ0) is 72.5. The third kappa shape index (κ3) is 11.8. The molecule has 104 heavy (non-hydrogen) atoms. The summed E-state index contributed by atoms with van der Waals surface area (Å²) in [5.41, 5.74) is 8.33. The average molecular weight is 1380 g/mol. The molecule has 16 heteroatoms. The van der Waals surface area contributed by atoms with Gasteiger partial charge < -0.3 is 28.7 Å². The minimum absolute atomic E-state index is 0.0203. The molecule has 2 unspecified atom stereocenters. The molecule has 0 radical (unpaired) electrons. The Hall–Kier alpha value is -11.8. The molecule has 522 valence electrons. The van der Waals surface area contributed by atoms with Crippen LogP contribution in [0.4, 0.5) is 5.69 Å². The molecule has 6 amide bonds. The number of ether oxygens (including phenoxy) is 4. The van der Waals surface area contributed by atoms with Crippen LogP contribution >= 0.6 is 0 Å². The first-order valence-corrected chi connectivity index (χ1v) is 35.9. The number of nitrogens with zero attached hydrogens (tertiary/aromatic N) is 6. The Morgan fingerprint density at radius 2 is 0.731 bits per heavy atom. The summed E-state index contributed by atoms with van der Waals surface area (Å²) in [5.74, 6) is -1.82. The first kappa shape index (κ1) is 68.0. The number of amides is 6. The molecule has 3 aliphatic rings. The van der Waals surface area contributed by atoms with Gasteiger partial charge in [0.2, 0.25) is 0 Å². The van der Waals surface area contributed by atoms with Crippen molar-refractivity contribution < 1.29 is 47.7 Å². The van der Waals surface area contributed by atoms with E-state index >= 15 is 28.8 Å². The molecule has 2 aromatic heterocycles. The number of pyridine rings is 2. The summed E-state index contributed by atoms with van der Waals surface area (Å²) in [6.45, 7) is 20.3. The Kier molecular flexibility index (Phi) is 18.0. The standard InChI is InChI=1S/C88H80N6O10/c1-11-39-91(59-19-15-13-16-20-59)87(99)81(57-31-35-89-36-32-57)93-83(95)61-45-69(101-65-27-23-49(3)41-53(65)7)75-77-71(103-67-29-25-51(5)43-55(67)9)47-63-74-64(86(98)94(85(63)97)82(58-33-37-90-38-34-58)88(100)92(40-12-2)60-21-17-14-18-22-60)48-72(104-68-30-26-52(6)44-56(68)10)78(80(74)77)76-70(46-62(84(93)96)73(61)79(75)76)102-66-28-24-50(4)42-54(66)8/h13,15-16,19-20,23-38,41-48,60,81-82H,11-12,14,17-18,21-22,39-40H2,1-10H3. The molecule has 16 nitrogen and oxygen atoms in total. The number of hydrogen-bond acceptors (Lipinski definition) is 12. The minimum atomic E-state index is -1.54. The van der Waals surface area contributed by atoms with Crippen molar-refractivity contribution in [3.8, 4) is 46.0 Å².